The van der Waals surface area contributed by atoms with Crippen molar-refractivity contribution in [1.82, 2.24) is 5.32 Å². The van der Waals surface area contributed by atoms with Gasteiger partial charge in [-0.25, -0.2) is 17.2 Å². The summed E-state index contributed by atoms with van der Waals surface area (Å²) in [4.78, 5) is 12.3. The number of rotatable bonds is 6. The Kier molecular flexibility index (Phi) is 5.60. The second kappa shape index (κ2) is 7.93. The van der Waals surface area contributed by atoms with Crippen molar-refractivity contribution < 1.29 is 22.0 Å². The second-order valence-electron chi connectivity index (χ2n) is 6.28. The lowest BCUT2D eigenvalue weighted by Gasteiger charge is -2.22. The Hall–Kier alpha value is -3.00. The third-order valence-corrected chi connectivity index (χ3v) is 5.35. The van der Waals surface area contributed by atoms with Crippen LogP contribution in [-0.2, 0) is 21.4 Å². The highest BCUT2D eigenvalue weighted by atomic mass is 32.2. The molecule has 1 amide bonds. The lowest BCUT2D eigenvalue weighted by molar-refractivity contribution is -0.119. The predicted octanol–water partition coefficient (Wildman–Crippen LogP) is 3.20. The summed E-state index contributed by atoms with van der Waals surface area (Å²) in [5, 5.41) is 4.63. The van der Waals surface area contributed by atoms with Crippen molar-refractivity contribution in [2.45, 2.75) is 6.54 Å². The van der Waals surface area contributed by atoms with E-state index >= 15 is 0 Å². The number of hydrogen-bond donors (Lipinski definition) is 1. The molecule has 0 heterocycles. The summed E-state index contributed by atoms with van der Waals surface area (Å²) >= 11 is 0. The van der Waals surface area contributed by atoms with Gasteiger partial charge in [0.05, 0.1) is 11.9 Å². The zero-order valence-corrected chi connectivity index (χ0v) is 15.8. The summed E-state index contributed by atoms with van der Waals surface area (Å²) in [6, 6.07) is 15.8. The largest absolute Gasteiger partial charge is 0.350 e. The molecule has 0 aliphatic carbocycles. The fraction of sp³-hybridized carbons (Fsp3) is 0.150. The number of carbonyl (C=O) groups excluding carboxylic acids is 1. The fourth-order valence-electron chi connectivity index (χ4n) is 2.89. The number of carbonyl (C=O) groups is 1. The van der Waals surface area contributed by atoms with Gasteiger partial charge in [0, 0.05) is 12.6 Å². The van der Waals surface area contributed by atoms with Gasteiger partial charge < -0.3 is 5.32 Å². The van der Waals surface area contributed by atoms with E-state index in [1.807, 2.05) is 42.5 Å². The average Bonchev–Trinajstić information content (AvgIpc) is 2.64. The van der Waals surface area contributed by atoms with Crippen molar-refractivity contribution in [1.29, 1.82) is 0 Å². The number of nitrogens with zero attached hydrogens (tertiary/aromatic N) is 1. The van der Waals surface area contributed by atoms with Gasteiger partial charge in [0.1, 0.15) is 18.2 Å². The number of fused-ring (bicyclic) bond motifs is 1. The average molecular weight is 404 g/mol. The third kappa shape index (κ3) is 4.45. The molecular formula is C20H18F2N2O3S. The first-order chi connectivity index (χ1) is 13.3. The van der Waals surface area contributed by atoms with E-state index in [-0.39, 0.29) is 12.2 Å². The molecule has 8 heteroatoms. The quantitative estimate of drug-likeness (QED) is 0.686. The van der Waals surface area contributed by atoms with Gasteiger partial charge in [-0.15, -0.1) is 0 Å². The van der Waals surface area contributed by atoms with Gasteiger partial charge in [-0.1, -0.05) is 42.5 Å². The van der Waals surface area contributed by atoms with Gasteiger partial charge >= 0.3 is 0 Å². The molecule has 0 saturated heterocycles. The maximum atomic E-state index is 14.0. The van der Waals surface area contributed by atoms with Crippen molar-refractivity contribution in [3.05, 3.63) is 77.9 Å². The fourth-order valence-corrected chi connectivity index (χ4v) is 3.75. The molecule has 3 aromatic rings. The highest BCUT2D eigenvalue weighted by Crippen LogP contribution is 2.22. The van der Waals surface area contributed by atoms with E-state index in [4.69, 9.17) is 0 Å². The van der Waals surface area contributed by atoms with Crippen LogP contribution in [0.4, 0.5) is 14.5 Å². The van der Waals surface area contributed by atoms with Gasteiger partial charge in [-0.2, -0.15) is 0 Å². The van der Waals surface area contributed by atoms with Crippen LogP contribution < -0.4 is 9.62 Å². The van der Waals surface area contributed by atoms with Gasteiger partial charge in [0.15, 0.2) is 0 Å². The van der Waals surface area contributed by atoms with Crippen LogP contribution in [0.2, 0.25) is 0 Å². The zero-order chi connectivity index (χ0) is 20.3. The summed E-state index contributed by atoms with van der Waals surface area (Å²) in [7, 11) is -3.96. The zero-order valence-electron chi connectivity index (χ0n) is 15.0. The van der Waals surface area contributed by atoms with E-state index in [0.717, 1.165) is 34.7 Å². The topological polar surface area (TPSA) is 66.5 Å². The second-order valence-corrected chi connectivity index (χ2v) is 8.19. The van der Waals surface area contributed by atoms with Crippen LogP contribution in [0.1, 0.15) is 5.56 Å². The molecule has 0 aromatic heterocycles. The first-order valence-corrected chi connectivity index (χ1v) is 10.3. The Morgan fingerprint density at radius 2 is 1.75 bits per heavy atom. The van der Waals surface area contributed by atoms with E-state index in [1.165, 1.54) is 0 Å². The molecule has 0 radical (unpaired) electrons. The number of amides is 1. The van der Waals surface area contributed by atoms with E-state index in [9.17, 15) is 22.0 Å². The molecular weight excluding hydrogens is 386 g/mol. The smallest absolute Gasteiger partial charge is 0.241 e. The lowest BCUT2D eigenvalue weighted by Crippen LogP contribution is -2.40. The summed E-state index contributed by atoms with van der Waals surface area (Å²) in [6.07, 6.45) is 0.855. The number of anilines is 1. The number of benzene rings is 3. The summed E-state index contributed by atoms with van der Waals surface area (Å²) < 4.78 is 51.8. The third-order valence-electron chi connectivity index (χ3n) is 4.22. The maximum absolute atomic E-state index is 14.0. The Morgan fingerprint density at radius 1 is 1.04 bits per heavy atom. The van der Waals surface area contributed by atoms with E-state index in [2.05, 4.69) is 5.32 Å². The molecule has 3 rings (SSSR count). The number of halogens is 2. The number of nitrogens with one attached hydrogen (secondary N) is 1. The molecule has 0 fully saturated rings. The lowest BCUT2D eigenvalue weighted by atomic mass is 10.0. The SMILES string of the molecule is CS(=O)(=O)N(CC(=O)NCc1cccc2ccccc12)c1ccc(F)cc1F. The minimum Gasteiger partial charge on any atom is -0.350 e. The highest BCUT2D eigenvalue weighted by molar-refractivity contribution is 7.92. The van der Waals surface area contributed by atoms with Crippen LogP contribution in [0, 0.1) is 11.6 Å². The molecule has 0 spiro atoms. The van der Waals surface area contributed by atoms with Crippen molar-refractivity contribution in [3.63, 3.8) is 0 Å². The van der Waals surface area contributed by atoms with E-state index < -0.39 is 34.1 Å². The van der Waals surface area contributed by atoms with Crippen LogP contribution >= 0.6 is 0 Å². The monoisotopic (exact) mass is 404 g/mol. The maximum Gasteiger partial charge on any atom is 0.241 e. The normalized spacial score (nSPS) is 11.4. The first kappa shape index (κ1) is 19.8. The van der Waals surface area contributed by atoms with Gasteiger partial charge in [0.2, 0.25) is 15.9 Å². The van der Waals surface area contributed by atoms with Gasteiger partial charge in [-0.3, -0.25) is 9.10 Å². The van der Waals surface area contributed by atoms with Crippen molar-refractivity contribution in [2.24, 2.45) is 0 Å². The van der Waals surface area contributed by atoms with Crippen molar-refractivity contribution in [3.8, 4) is 0 Å². The predicted molar refractivity (Wildman–Crippen MR) is 104 cm³/mol. The molecule has 0 bridgehead atoms. The Labute approximate surface area is 161 Å². The molecule has 146 valence electrons. The molecule has 28 heavy (non-hydrogen) atoms. The Bertz CT molecular complexity index is 1130. The molecule has 0 saturated carbocycles. The molecule has 0 unspecified atom stereocenters. The van der Waals surface area contributed by atoms with Crippen LogP contribution in [0.15, 0.2) is 60.7 Å². The Morgan fingerprint density at radius 3 is 2.46 bits per heavy atom. The van der Waals surface area contributed by atoms with Crippen LogP contribution in [0.3, 0.4) is 0 Å². The summed E-state index contributed by atoms with van der Waals surface area (Å²) in [5.74, 6) is -2.51. The number of sulfonamides is 1. The molecule has 5 nitrogen and oxygen atoms in total. The van der Waals surface area contributed by atoms with Gasteiger partial charge in [-0.05, 0) is 28.5 Å². The summed E-state index contributed by atoms with van der Waals surface area (Å²) in [5.41, 5.74) is 0.481. The molecule has 0 atom stereocenters. The Balaban J connectivity index is 1.77. The molecule has 0 aliphatic heterocycles. The molecule has 3 aromatic carbocycles. The molecule has 0 aliphatic rings. The van der Waals surface area contributed by atoms with Gasteiger partial charge in [0.25, 0.3) is 0 Å². The van der Waals surface area contributed by atoms with Crippen molar-refractivity contribution in [2.75, 3.05) is 17.1 Å². The van der Waals surface area contributed by atoms with Crippen molar-refractivity contribution >= 4 is 32.4 Å². The standard InChI is InChI=1S/C20H18F2N2O3S/c1-28(26,27)24(19-10-9-16(21)11-18(19)22)13-20(25)23-12-15-7-4-6-14-5-2-3-8-17(14)15/h2-11H,12-13H2,1H3,(H,23,25). The number of hydrogen-bond acceptors (Lipinski definition) is 3. The first-order valence-electron chi connectivity index (χ1n) is 8.42. The van der Waals surface area contributed by atoms with Crippen LogP contribution in [0.5, 0.6) is 0 Å². The van der Waals surface area contributed by atoms with E-state index in [1.54, 1.807) is 0 Å². The highest BCUT2D eigenvalue weighted by Gasteiger charge is 2.24. The van der Waals surface area contributed by atoms with Crippen LogP contribution in [-0.4, -0.2) is 27.1 Å². The summed E-state index contributed by atoms with van der Waals surface area (Å²) in [6.45, 7) is -0.435. The minimum absolute atomic E-state index is 0.184. The minimum atomic E-state index is -3.96. The molecule has 1 N–H and O–H groups in total. The van der Waals surface area contributed by atoms with E-state index in [0.29, 0.717) is 10.4 Å². The van der Waals surface area contributed by atoms with Crippen LogP contribution in [0.25, 0.3) is 10.8 Å².